The first-order valence-electron chi connectivity index (χ1n) is 7.53. The van der Waals surface area contributed by atoms with E-state index in [0.717, 1.165) is 11.4 Å². The number of fused-ring (bicyclic) bond motifs is 1. The fraction of sp³-hybridized carbons (Fsp3) is 0.235. The average Bonchev–Trinajstić information content (AvgIpc) is 3.04. The number of benzene rings is 1. The molecule has 0 aliphatic rings. The molecule has 0 aliphatic carbocycles. The third kappa shape index (κ3) is 3.47. The van der Waals surface area contributed by atoms with Crippen molar-refractivity contribution in [2.45, 2.75) is 13.8 Å². The van der Waals surface area contributed by atoms with Gasteiger partial charge in [-0.05, 0) is 44.2 Å². The first kappa shape index (κ1) is 16.6. The zero-order valence-corrected chi connectivity index (χ0v) is 14.0. The number of ketones is 1. The number of nitrogens with zero attached hydrogens (tertiary/aromatic N) is 4. The molecule has 0 atom stereocenters. The lowest BCUT2D eigenvalue weighted by atomic mass is 10.1. The Morgan fingerprint density at radius 3 is 2.52 bits per heavy atom. The maximum absolute atomic E-state index is 12.1. The molecule has 0 spiro atoms. The molecule has 0 amide bonds. The van der Waals surface area contributed by atoms with Gasteiger partial charge in [-0.15, -0.1) is 5.10 Å². The van der Waals surface area contributed by atoms with Crippen molar-refractivity contribution in [1.82, 2.24) is 19.6 Å². The summed E-state index contributed by atoms with van der Waals surface area (Å²) in [6, 6.07) is 8.36. The maximum atomic E-state index is 12.1. The number of aromatic nitrogens is 4. The molecule has 0 bridgehead atoms. The van der Waals surface area contributed by atoms with Gasteiger partial charge < -0.3 is 9.47 Å². The van der Waals surface area contributed by atoms with Gasteiger partial charge in [-0.2, -0.15) is 4.98 Å². The van der Waals surface area contributed by atoms with Gasteiger partial charge >= 0.3 is 5.97 Å². The highest BCUT2D eigenvalue weighted by Crippen LogP contribution is 2.12. The normalized spacial score (nSPS) is 10.7. The van der Waals surface area contributed by atoms with Crippen LogP contribution in [0.5, 0.6) is 5.75 Å². The van der Waals surface area contributed by atoms with E-state index >= 15 is 0 Å². The number of carbonyl (C=O) groups excluding carboxylic acids is 2. The van der Waals surface area contributed by atoms with Gasteiger partial charge in [-0.25, -0.2) is 14.3 Å². The summed E-state index contributed by atoms with van der Waals surface area (Å²) in [6.45, 7) is 3.26. The molecule has 0 radical (unpaired) electrons. The molecule has 2 heterocycles. The molecule has 8 heteroatoms. The summed E-state index contributed by atoms with van der Waals surface area (Å²) in [5, 5.41) is 4.07. The largest absolute Gasteiger partial charge is 0.497 e. The first-order chi connectivity index (χ1) is 12.0. The standard InChI is InChI=1S/C17H16N4O4/c1-10-8-11(2)21-17(18-10)19-15(20-21)16(23)25-9-14(22)12-4-6-13(24-3)7-5-12/h4-8H,9H2,1-3H3. The molecule has 8 nitrogen and oxygen atoms in total. The minimum Gasteiger partial charge on any atom is -0.497 e. The zero-order valence-electron chi connectivity index (χ0n) is 14.0. The highest BCUT2D eigenvalue weighted by Gasteiger charge is 2.18. The van der Waals surface area contributed by atoms with E-state index in [1.165, 1.54) is 4.52 Å². The molecule has 3 aromatic rings. The van der Waals surface area contributed by atoms with Crippen LogP contribution in [0.2, 0.25) is 0 Å². The highest BCUT2D eigenvalue weighted by molar-refractivity contribution is 5.98. The van der Waals surface area contributed by atoms with Gasteiger partial charge in [0.15, 0.2) is 12.4 Å². The van der Waals surface area contributed by atoms with Crippen LogP contribution in [0, 0.1) is 13.8 Å². The third-order valence-electron chi connectivity index (χ3n) is 3.55. The van der Waals surface area contributed by atoms with Crippen molar-refractivity contribution < 1.29 is 19.1 Å². The smallest absolute Gasteiger partial charge is 0.378 e. The minimum absolute atomic E-state index is 0.135. The number of hydrogen-bond donors (Lipinski definition) is 0. The SMILES string of the molecule is COc1ccc(C(=O)COC(=O)c2nc3nc(C)cc(C)n3n2)cc1. The molecule has 0 saturated heterocycles. The third-order valence-corrected chi connectivity index (χ3v) is 3.55. The van der Waals surface area contributed by atoms with Crippen LogP contribution < -0.4 is 4.74 Å². The van der Waals surface area contributed by atoms with Crippen LogP contribution in [0.1, 0.15) is 32.4 Å². The van der Waals surface area contributed by atoms with E-state index in [0.29, 0.717) is 17.1 Å². The van der Waals surface area contributed by atoms with Crippen molar-refractivity contribution in [2.24, 2.45) is 0 Å². The minimum atomic E-state index is -0.774. The lowest BCUT2D eigenvalue weighted by Gasteiger charge is -2.03. The lowest BCUT2D eigenvalue weighted by molar-refractivity contribution is 0.0463. The van der Waals surface area contributed by atoms with Crippen LogP contribution in [0.25, 0.3) is 5.78 Å². The van der Waals surface area contributed by atoms with Crippen LogP contribution in [0.4, 0.5) is 0 Å². The monoisotopic (exact) mass is 340 g/mol. The van der Waals surface area contributed by atoms with Crippen LogP contribution >= 0.6 is 0 Å². The predicted octanol–water partition coefficient (Wildman–Crippen LogP) is 1.79. The Bertz CT molecular complexity index is 947. The second kappa shape index (κ2) is 6.68. The van der Waals surface area contributed by atoms with E-state index in [9.17, 15) is 9.59 Å². The molecule has 3 rings (SSSR count). The fourth-order valence-corrected chi connectivity index (χ4v) is 2.31. The van der Waals surface area contributed by atoms with E-state index in [2.05, 4.69) is 15.1 Å². The average molecular weight is 340 g/mol. The van der Waals surface area contributed by atoms with Gasteiger partial charge in [-0.1, -0.05) is 0 Å². The molecule has 0 fully saturated rings. The quantitative estimate of drug-likeness (QED) is 0.516. The number of esters is 1. The van der Waals surface area contributed by atoms with Crippen molar-refractivity contribution in [3.63, 3.8) is 0 Å². The van der Waals surface area contributed by atoms with Gasteiger partial charge in [0.1, 0.15) is 5.75 Å². The highest BCUT2D eigenvalue weighted by atomic mass is 16.5. The molecule has 0 saturated carbocycles. The maximum Gasteiger partial charge on any atom is 0.378 e. The van der Waals surface area contributed by atoms with Gasteiger partial charge in [0, 0.05) is 17.0 Å². The summed E-state index contributed by atoms with van der Waals surface area (Å²) in [5.74, 6) is -0.287. The second-order valence-electron chi connectivity index (χ2n) is 5.41. The summed E-state index contributed by atoms with van der Waals surface area (Å²) in [7, 11) is 1.54. The van der Waals surface area contributed by atoms with Crippen LogP contribution in [-0.4, -0.2) is 45.1 Å². The number of hydrogen-bond acceptors (Lipinski definition) is 7. The van der Waals surface area contributed by atoms with E-state index in [4.69, 9.17) is 9.47 Å². The van der Waals surface area contributed by atoms with E-state index < -0.39 is 12.6 Å². The number of carbonyl (C=O) groups is 2. The molecular formula is C17H16N4O4. The van der Waals surface area contributed by atoms with E-state index in [-0.39, 0.29) is 11.6 Å². The molecular weight excluding hydrogens is 324 g/mol. The molecule has 2 aromatic heterocycles. The molecule has 0 unspecified atom stereocenters. The Labute approximate surface area is 143 Å². The number of rotatable bonds is 5. The van der Waals surface area contributed by atoms with E-state index in [1.807, 2.05) is 19.9 Å². The van der Waals surface area contributed by atoms with Gasteiger partial charge in [-0.3, -0.25) is 4.79 Å². The van der Waals surface area contributed by atoms with Crippen LogP contribution in [-0.2, 0) is 4.74 Å². The van der Waals surface area contributed by atoms with Gasteiger partial charge in [0.05, 0.1) is 7.11 Å². The van der Waals surface area contributed by atoms with Crippen molar-refractivity contribution >= 4 is 17.5 Å². The Hall–Kier alpha value is -3.29. The van der Waals surface area contributed by atoms with Crippen molar-refractivity contribution in [1.29, 1.82) is 0 Å². The molecule has 0 N–H and O–H groups in total. The van der Waals surface area contributed by atoms with Crippen LogP contribution in [0.15, 0.2) is 30.3 Å². The van der Waals surface area contributed by atoms with Crippen molar-refractivity contribution in [3.05, 3.63) is 53.1 Å². The van der Waals surface area contributed by atoms with E-state index in [1.54, 1.807) is 31.4 Å². The summed E-state index contributed by atoms with van der Waals surface area (Å²) in [6.07, 6.45) is 0. The molecule has 25 heavy (non-hydrogen) atoms. The fourth-order valence-electron chi connectivity index (χ4n) is 2.31. The number of methoxy groups -OCH3 is 1. The summed E-state index contributed by atoms with van der Waals surface area (Å²) >= 11 is 0. The van der Waals surface area contributed by atoms with Crippen LogP contribution in [0.3, 0.4) is 0 Å². The Balaban J connectivity index is 1.69. The lowest BCUT2D eigenvalue weighted by Crippen LogP contribution is -2.15. The Kier molecular flexibility index (Phi) is 4.42. The number of Topliss-reactive ketones (excluding diaryl/α,β-unsaturated/α-hetero) is 1. The van der Waals surface area contributed by atoms with Crippen molar-refractivity contribution in [2.75, 3.05) is 13.7 Å². The summed E-state index contributed by atoms with van der Waals surface area (Å²) in [5.41, 5.74) is 1.99. The molecule has 1 aromatic carbocycles. The van der Waals surface area contributed by atoms with Gasteiger partial charge in [0.2, 0.25) is 0 Å². The molecule has 128 valence electrons. The second-order valence-corrected chi connectivity index (χ2v) is 5.41. The number of ether oxygens (including phenoxy) is 2. The molecule has 0 aliphatic heterocycles. The first-order valence-corrected chi connectivity index (χ1v) is 7.53. The number of aryl methyl sites for hydroxylation is 2. The summed E-state index contributed by atoms with van der Waals surface area (Å²) in [4.78, 5) is 32.4. The van der Waals surface area contributed by atoms with Gasteiger partial charge in [0.25, 0.3) is 11.6 Å². The Morgan fingerprint density at radius 2 is 1.84 bits per heavy atom. The zero-order chi connectivity index (χ0) is 18.0. The summed E-state index contributed by atoms with van der Waals surface area (Å²) < 4.78 is 11.5. The Morgan fingerprint density at radius 1 is 1.12 bits per heavy atom. The topological polar surface area (TPSA) is 95.7 Å². The van der Waals surface area contributed by atoms with Crippen molar-refractivity contribution in [3.8, 4) is 5.75 Å². The predicted molar refractivity (Wildman–Crippen MR) is 87.9 cm³/mol.